The minimum atomic E-state index is -3.95. The molecule has 5 N–H and O–H groups in total. The lowest BCUT2D eigenvalue weighted by Gasteiger charge is -2.35. The molecule has 3 rings (SSSR count). The molecule has 18 heteroatoms. The van der Waals surface area contributed by atoms with Crippen molar-refractivity contribution in [3.8, 4) is 11.3 Å². The molecule has 0 aliphatic carbocycles. The molecule has 0 bridgehead atoms. The quantitative estimate of drug-likeness (QED) is 0.0485. The summed E-state index contributed by atoms with van der Waals surface area (Å²) < 4.78 is 111. The summed E-state index contributed by atoms with van der Waals surface area (Å²) in [5.74, 6) is -2.34. The zero-order valence-corrected chi connectivity index (χ0v) is 38.3. The summed E-state index contributed by atoms with van der Waals surface area (Å²) in [4.78, 5) is 59.1. The van der Waals surface area contributed by atoms with Gasteiger partial charge in [0.2, 0.25) is 5.91 Å². The highest BCUT2D eigenvalue weighted by Gasteiger charge is 2.37. The normalized spacial score (nSPS) is 16.1. The minimum Gasteiger partial charge on any atom is -0.453 e. The maximum absolute atomic E-state index is 14.5. The molecule has 366 valence electrons. The molecule has 3 aromatic rings. The number of hydrogen-bond donors (Lipinski definition) is 5. The van der Waals surface area contributed by atoms with E-state index in [1.165, 1.54) is 5.01 Å². The third-order valence-corrected chi connectivity index (χ3v) is 9.60. The first-order valence-electron chi connectivity index (χ1n) is 25.9. The van der Waals surface area contributed by atoms with Crippen LogP contribution in [-0.2, 0) is 55.7 Å². The van der Waals surface area contributed by atoms with Gasteiger partial charge >= 0.3 is 12.2 Å². The van der Waals surface area contributed by atoms with E-state index in [4.69, 9.17) is 40.8 Å². The van der Waals surface area contributed by atoms with Crippen molar-refractivity contribution in [3.63, 3.8) is 0 Å². The number of amides is 4. The van der Waals surface area contributed by atoms with Gasteiger partial charge in [0.25, 0.3) is 5.91 Å². The second-order valence-corrected chi connectivity index (χ2v) is 16.0. The largest absolute Gasteiger partial charge is 0.453 e. The molecule has 0 radical (unpaired) electrons. The molecule has 0 aliphatic heterocycles. The fourth-order valence-corrected chi connectivity index (χ4v) is 6.15. The van der Waals surface area contributed by atoms with Crippen LogP contribution in [-0.4, -0.2) is 150 Å². The molecule has 18 nitrogen and oxygen atoms in total. The van der Waals surface area contributed by atoms with Crippen LogP contribution in [0.1, 0.15) is 64.8 Å². The van der Waals surface area contributed by atoms with Crippen LogP contribution in [0.2, 0.25) is 0 Å². The van der Waals surface area contributed by atoms with Crippen LogP contribution >= 0.6 is 0 Å². The van der Waals surface area contributed by atoms with Crippen LogP contribution in [0.5, 0.6) is 0 Å². The fraction of sp³-hybridized carbons (Fsp3) is 0.562. The van der Waals surface area contributed by atoms with E-state index in [1.54, 1.807) is 94.7 Å². The number of hydrazine groups is 1. The Morgan fingerprint density at radius 1 is 0.667 bits per heavy atom. The van der Waals surface area contributed by atoms with Gasteiger partial charge in [0.15, 0.2) is 0 Å². The molecule has 4 atom stereocenters. The van der Waals surface area contributed by atoms with Crippen molar-refractivity contribution in [2.45, 2.75) is 78.5 Å². The summed E-state index contributed by atoms with van der Waals surface area (Å²) in [5, 5.41) is 20.4. The zero-order valence-electron chi connectivity index (χ0n) is 47.3. The topological polar surface area (TPSA) is 217 Å². The Hall–Kier alpha value is -5.21. The Balaban J connectivity index is 1.89. The van der Waals surface area contributed by atoms with Gasteiger partial charge in [-0.1, -0.05) is 102 Å². The summed E-state index contributed by atoms with van der Waals surface area (Å²) in [5.41, 5.74) is 0.469. The Morgan fingerprint density at radius 2 is 1.23 bits per heavy atom. The van der Waals surface area contributed by atoms with Crippen LogP contribution in [0.4, 0.5) is 9.59 Å². The second kappa shape index (κ2) is 29.4. The van der Waals surface area contributed by atoms with Gasteiger partial charge in [-0.3, -0.25) is 20.0 Å². The number of ether oxygens (including phenoxy) is 7. The molecule has 0 fully saturated rings. The predicted molar refractivity (Wildman–Crippen MR) is 248 cm³/mol. The highest BCUT2D eigenvalue weighted by atomic mass is 16.6. The number of alkyl carbamates (subject to hydrolysis) is 2. The average molecular weight is 934 g/mol. The molecule has 2 aromatic carbocycles. The van der Waals surface area contributed by atoms with Crippen LogP contribution in [0.3, 0.4) is 0 Å². The fourth-order valence-electron chi connectivity index (χ4n) is 6.15. The number of carbonyl (C=O) groups is 4. The van der Waals surface area contributed by atoms with Crippen molar-refractivity contribution in [2.75, 3.05) is 86.8 Å². The predicted octanol–water partition coefficient (Wildman–Crippen LogP) is 4.29. The summed E-state index contributed by atoms with van der Waals surface area (Å²) >= 11 is 0. The zero-order chi connectivity index (χ0) is 55.9. The first-order chi connectivity index (χ1) is 35.3. The lowest BCUT2D eigenvalue weighted by Crippen LogP contribution is -2.61. The van der Waals surface area contributed by atoms with E-state index in [9.17, 15) is 24.3 Å². The van der Waals surface area contributed by atoms with E-state index in [0.717, 1.165) is 12.7 Å². The highest BCUT2D eigenvalue weighted by molar-refractivity contribution is 5.87. The Bertz CT molecular complexity index is 2140. The van der Waals surface area contributed by atoms with Gasteiger partial charge < -0.3 is 54.2 Å². The van der Waals surface area contributed by atoms with Crippen LogP contribution < -0.4 is 21.4 Å². The molecule has 1 heterocycles. The molecular formula is C48H72N6O12. The number of aliphatic hydroxyl groups excluding tert-OH is 1. The van der Waals surface area contributed by atoms with Gasteiger partial charge in [-0.05, 0) is 40.5 Å². The number of nitrogens with zero attached hydrogens (tertiary/aromatic N) is 2. The van der Waals surface area contributed by atoms with Crippen LogP contribution in [0.15, 0.2) is 79.0 Å². The second-order valence-electron chi connectivity index (χ2n) is 16.0. The highest BCUT2D eigenvalue weighted by Crippen LogP contribution is 2.23. The molecule has 66 heavy (non-hydrogen) atoms. The van der Waals surface area contributed by atoms with E-state index in [-0.39, 0.29) is 39.4 Å². The molecule has 0 saturated heterocycles. The smallest absolute Gasteiger partial charge is 0.407 e. The molecule has 1 aromatic heterocycles. The van der Waals surface area contributed by atoms with Crippen molar-refractivity contribution in [2.24, 2.45) is 10.8 Å². The summed E-state index contributed by atoms with van der Waals surface area (Å²) in [7, 11) is 2.43. The van der Waals surface area contributed by atoms with Crippen molar-refractivity contribution < 1.29 is 69.8 Å². The summed E-state index contributed by atoms with van der Waals surface area (Å²) in [6, 6.07) is 15.2. The van der Waals surface area contributed by atoms with Gasteiger partial charge in [-0.15, -0.1) is 0 Å². The molecule has 0 aliphatic rings. The summed E-state index contributed by atoms with van der Waals surface area (Å²) in [6.07, 6.45) is -2.77. The lowest BCUT2D eigenvalue weighted by atomic mass is 9.85. The number of hydrogen-bond acceptors (Lipinski definition) is 14. The van der Waals surface area contributed by atoms with Crippen molar-refractivity contribution in [3.05, 3.63) is 90.1 Å². The number of carbonyl (C=O) groups excluding carboxylic acids is 4. The number of rotatable bonds is 29. The number of aliphatic hydroxyl groups is 1. The van der Waals surface area contributed by atoms with Gasteiger partial charge in [-0.25, -0.2) is 14.6 Å². The molecular weight excluding hydrogens is 853 g/mol. The Kier molecular flexibility index (Phi) is 18.8. The average Bonchev–Trinajstić information content (AvgIpc) is 3.33. The Morgan fingerprint density at radius 3 is 1.77 bits per heavy atom. The molecule has 4 amide bonds. The van der Waals surface area contributed by atoms with Gasteiger partial charge in [0, 0.05) is 44.3 Å². The maximum atomic E-state index is 14.5. The maximum Gasteiger partial charge on any atom is 0.407 e. The summed E-state index contributed by atoms with van der Waals surface area (Å²) in [6.45, 7) is -4.51. The third-order valence-electron chi connectivity index (χ3n) is 9.60. The van der Waals surface area contributed by atoms with E-state index < -0.39 is 86.2 Å². The number of nitrogens with one attached hydrogen (secondary N) is 4. The SMILES string of the molecule is [2H]C([2H])([2H])C([C@H](NC(=O)OC)C(=O)N[C@@H](Cc1ccccc1)[C@@H](O)CN(Cc1ccc(-c2ccccn2)cc1)NC(=O)[C@@H](NC(=O)OCCOCCOCCOCCOCCOC)C(C)(C)C)(C([2H])([2H])[2H])C([2H])([2H])[2H]. The molecule has 0 unspecified atom stereocenters. The van der Waals surface area contributed by atoms with E-state index in [2.05, 4.69) is 25.8 Å². The van der Waals surface area contributed by atoms with Crippen molar-refractivity contribution in [1.82, 2.24) is 31.4 Å². The molecule has 0 saturated carbocycles. The molecule has 0 spiro atoms. The monoisotopic (exact) mass is 934 g/mol. The number of benzene rings is 2. The van der Waals surface area contributed by atoms with Gasteiger partial charge in [0.05, 0.1) is 84.4 Å². The Labute approximate surface area is 402 Å². The number of pyridine rings is 1. The van der Waals surface area contributed by atoms with E-state index in [1.807, 2.05) is 17.4 Å². The van der Waals surface area contributed by atoms with E-state index in [0.29, 0.717) is 56.5 Å². The first kappa shape index (κ1) is 42.2. The van der Waals surface area contributed by atoms with Crippen LogP contribution in [0.25, 0.3) is 11.3 Å². The lowest BCUT2D eigenvalue weighted by molar-refractivity contribution is -0.132. The number of methoxy groups -OCH3 is 2. The van der Waals surface area contributed by atoms with Crippen molar-refractivity contribution >= 4 is 24.0 Å². The first-order valence-corrected chi connectivity index (χ1v) is 21.4. The van der Waals surface area contributed by atoms with Crippen molar-refractivity contribution in [1.29, 1.82) is 0 Å². The minimum absolute atomic E-state index is 0.0209. The number of aromatic nitrogens is 1. The van der Waals surface area contributed by atoms with Crippen LogP contribution in [0, 0.1) is 10.8 Å². The van der Waals surface area contributed by atoms with Gasteiger partial charge in [-0.2, -0.15) is 0 Å². The third kappa shape index (κ3) is 21.4. The van der Waals surface area contributed by atoms with Gasteiger partial charge in [0.1, 0.15) is 18.7 Å². The standard InChI is InChI=1S/C48H72N6O12/c1-47(2,3)41(51-45(58)61-8)43(56)50-39(32-35-14-10-9-11-15-35)40(55)34-54(33-36-17-19-37(20-18-36)38-16-12-13-21-49-38)53-44(57)42(48(4,5)6)52-46(59)66-31-30-65-29-28-64-27-26-63-25-24-62-23-22-60-7/h9-21,39-42,55H,22-34H2,1-8H3,(H,50,56)(H,51,58)(H,52,59)(H,53,57)/t39-,40-,41+,42+/m0/s1/i1D3,2D3,3D3. The van der Waals surface area contributed by atoms with E-state index >= 15 is 0 Å².